The van der Waals surface area contributed by atoms with Gasteiger partial charge in [-0.3, -0.25) is 9.80 Å². The van der Waals surface area contributed by atoms with Crippen molar-refractivity contribution < 1.29 is 9.53 Å². The van der Waals surface area contributed by atoms with E-state index in [-0.39, 0.29) is 36.9 Å². The standard InChI is InChI=1S/C26H46N2O2.2ClH/c1-7-9-16-27(17-10-8-2)20-25(21-28(18-22(3)4)19-23(5)6)30-26(29)24-14-12-11-13-15-24;;/h11-15,22-23,25H,7-10,16-21H2,1-6H3;2*1H. The van der Waals surface area contributed by atoms with E-state index in [0.717, 1.165) is 39.3 Å². The molecule has 0 aliphatic heterocycles. The summed E-state index contributed by atoms with van der Waals surface area (Å²) in [5, 5.41) is 0. The van der Waals surface area contributed by atoms with Gasteiger partial charge in [-0.1, -0.05) is 72.6 Å². The van der Waals surface area contributed by atoms with Crippen LogP contribution < -0.4 is 0 Å². The van der Waals surface area contributed by atoms with Gasteiger partial charge < -0.3 is 4.74 Å². The highest BCUT2D eigenvalue weighted by molar-refractivity contribution is 5.89. The summed E-state index contributed by atoms with van der Waals surface area (Å²) < 4.78 is 6.10. The molecular formula is C26H48Cl2N2O2. The average molecular weight is 492 g/mol. The first-order chi connectivity index (χ1) is 14.3. The second kappa shape index (κ2) is 19.6. The maximum atomic E-state index is 12.8. The topological polar surface area (TPSA) is 32.8 Å². The predicted molar refractivity (Wildman–Crippen MR) is 143 cm³/mol. The molecule has 0 heterocycles. The number of esters is 1. The van der Waals surface area contributed by atoms with E-state index in [9.17, 15) is 4.79 Å². The molecule has 188 valence electrons. The summed E-state index contributed by atoms with van der Waals surface area (Å²) in [5.41, 5.74) is 0.635. The van der Waals surface area contributed by atoms with Gasteiger partial charge in [0.1, 0.15) is 6.10 Å². The number of hydrogen-bond acceptors (Lipinski definition) is 4. The molecule has 0 N–H and O–H groups in total. The summed E-state index contributed by atoms with van der Waals surface area (Å²) in [6, 6.07) is 9.39. The van der Waals surface area contributed by atoms with Crippen molar-refractivity contribution in [2.45, 2.75) is 73.3 Å². The molecule has 0 saturated carbocycles. The minimum Gasteiger partial charge on any atom is -0.456 e. The van der Waals surface area contributed by atoms with E-state index in [1.54, 1.807) is 0 Å². The molecule has 0 radical (unpaired) electrons. The van der Waals surface area contributed by atoms with Crippen molar-refractivity contribution in [3.63, 3.8) is 0 Å². The molecule has 32 heavy (non-hydrogen) atoms. The predicted octanol–water partition coefficient (Wildman–Crippen LogP) is 6.57. The molecule has 0 fully saturated rings. The van der Waals surface area contributed by atoms with Crippen LogP contribution in [0.15, 0.2) is 30.3 Å². The zero-order valence-corrected chi connectivity index (χ0v) is 22.9. The molecule has 0 saturated heterocycles. The third kappa shape index (κ3) is 15.1. The molecule has 1 aromatic carbocycles. The lowest BCUT2D eigenvalue weighted by molar-refractivity contribution is 0.00635. The Morgan fingerprint density at radius 2 is 1.25 bits per heavy atom. The van der Waals surface area contributed by atoms with Crippen molar-refractivity contribution in [1.29, 1.82) is 0 Å². The van der Waals surface area contributed by atoms with Crippen molar-refractivity contribution in [1.82, 2.24) is 9.80 Å². The summed E-state index contributed by atoms with van der Waals surface area (Å²) >= 11 is 0. The lowest BCUT2D eigenvalue weighted by atomic mass is 10.1. The van der Waals surface area contributed by atoms with Gasteiger partial charge in [-0.15, -0.1) is 24.8 Å². The number of carbonyl (C=O) groups is 1. The Morgan fingerprint density at radius 3 is 1.69 bits per heavy atom. The molecule has 0 spiro atoms. The molecule has 0 aromatic heterocycles. The quantitative estimate of drug-likeness (QED) is 0.245. The lowest BCUT2D eigenvalue weighted by Gasteiger charge is -2.33. The van der Waals surface area contributed by atoms with Crippen molar-refractivity contribution in [2.24, 2.45) is 11.8 Å². The van der Waals surface area contributed by atoms with Crippen LogP contribution in [0.2, 0.25) is 0 Å². The van der Waals surface area contributed by atoms with E-state index < -0.39 is 0 Å². The Labute approximate surface area is 210 Å². The molecule has 1 atom stereocenters. The highest BCUT2D eigenvalue weighted by Crippen LogP contribution is 2.12. The minimum atomic E-state index is -0.208. The van der Waals surface area contributed by atoms with Crippen LogP contribution >= 0.6 is 24.8 Å². The maximum Gasteiger partial charge on any atom is 0.338 e. The molecule has 1 aromatic rings. The number of unbranched alkanes of at least 4 members (excludes halogenated alkanes) is 2. The summed E-state index contributed by atoms with van der Waals surface area (Å²) in [5.74, 6) is 0.969. The number of ether oxygens (including phenoxy) is 1. The van der Waals surface area contributed by atoms with E-state index in [1.807, 2.05) is 30.3 Å². The lowest BCUT2D eigenvalue weighted by Crippen LogP contribution is -2.45. The van der Waals surface area contributed by atoms with Gasteiger partial charge in [-0.2, -0.15) is 0 Å². The van der Waals surface area contributed by atoms with Gasteiger partial charge in [-0.05, 0) is 49.9 Å². The number of halogens is 2. The van der Waals surface area contributed by atoms with Crippen LogP contribution in [0.4, 0.5) is 0 Å². The SMILES string of the molecule is CCCCN(CCCC)CC(CN(CC(C)C)CC(C)C)OC(=O)c1ccccc1.Cl.Cl. The number of hydrogen-bond donors (Lipinski definition) is 0. The Hall–Kier alpha value is -0.810. The van der Waals surface area contributed by atoms with Gasteiger partial charge in [0.25, 0.3) is 0 Å². The highest BCUT2D eigenvalue weighted by atomic mass is 35.5. The Bertz CT molecular complexity index is 552. The fourth-order valence-corrected chi connectivity index (χ4v) is 3.82. The van der Waals surface area contributed by atoms with E-state index in [1.165, 1.54) is 25.7 Å². The number of benzene rings is 1. The molecule has 0 bridgehead atoms. The molecule has 6 heteroatoms. The van der Waals surface area contributed by atoms with Crippen molar-refractivity contribution >= 4 is 30.8 Å². The van der Waals surface area contributed by atoms with Gasteiger partial charge in [0.2, 0.25) is 0 Å². The van der Waals surface area contributed by atoms with Crippen molar-refractivity contribution in [3.8, 4) is 0 Å². The molecule has 1 rings (SSSR count). The molecule has 0 aliphatic rings. The van der Waals surface area contributed by atoms with Gasteiger partial charge in [-0.25, -0.2) is 4.79 Å². The summed E-state index contributed by atoms with van der Waals surface area (Å²) in [7, 11) is 0. The Kier molecular flexibility index (Phi) is 20.5. The molecule has 0 amide bonds. The number of carbonyl (C=O) groups excluding carboxylic acids is 1. The first-order valence-corrected chi connectivity index (χ1v) is 12.1. The Balaban J connectivity index is 0. The monoisotopic (exact) mass is 490 g/mol. The van der Waals surface area contributed by atoms with Crippen LogP contribution in [0.3, 0.4) is 0 Å². The van der Waals surface area contributed by atoms with Crippen molar-refractivity contribution in [2.75, 3.05) is 39.3 Å². The molecule has 4 nitrogen and oxygen atoms in total. The van der Waals surface area contributed by atoms with Crippen LogP contribution in [-0.4, -0.2) is 61.1 Å². The first-order valence-electron chi connectivity index (χ1n) is 12.1. The van der Waals surface area contributed by atoms with Crippen LogP contribution in [0.5, 0.6) is 0 Å². The third-order valence-corrected chi connectivity index (χ3v) is 5.11. The largest absolute Gasteiger partial charge is 0.456 e. The van der Waals surface area contributed by atoms with Crippen molar-refractivity contribution in [3.05, 3.63) is 35.9 Å². The van der Waals surface area contributed by atoms with Crippen LogP contribution in [0, 0.1) is 11.8 Å². The first kappa shape index (κ1) is 33.4. The van der Waals surface area contributed by atoms with Gasteiger partial charge in [0.15, 0.2) is 0 Å². The summed E-state index contributed by atoms with van der Waals surface area (Å²) in [6.45, 7) is 19.3. The fraction of sp³-hybridized carbons (Fsp3) is 0.731. The fourth-order valence-electron chi connectivity index (χ4n) is 3.82. The second-order valence-electron chi connectivity index (χ2n) is 9.41. The number of rotatable bonds is 16. The summed E-state index contributed by atoms with van der Waals surface area (Å²) in [4.78, 5) is 17.8. The molecule has 0 aliphatic carbocycles. The highest BCUT2D eigenvalue weighted by Gasteiger charge is 2.23. The van der Waals surface area contributed by atoms with E-state index in [0.29, 0.717) is 17.4 Å². The van der Waals surface area contributed by atoms with Crippen LogP contribution in [-0.2, 0) is 4.74 Å². The Morgan fingerprint density at radius 1 is 0.781 bits per heavy atom. The molecular weight excluding hydrogens is 443 g/mol. The normalized spacial score (nSPS) is 12.1. The number of nitrogens with zero attached hydrogens (tertiary/aromatic N) is 2. The van der Waals surface area contributed by atoms with E-state index in [4.69, 9.17) is 4.74 Å². The zero-order valence-electron chi connectivity index (χ0n) is 21.2. The maximum absolute atomic E-state index is 12.8. The van der Waals surface area contributed by atoms with Gasteiger partial charge in [0.05, 0.1) is 5.56 Å². The van der Waals surface area contributed by atoms with E-state index >= 15 is 0 Å². The summed E-state index contributed by atoms with van der Waals surface area (Å²) in [6.07, 6.45) is 4.62. The minimum absolute atomic E-state index is 0. The zero-order chi connectivity index (χ0) is 22.4. The van der Waals surface area contributed by atoms with Crippen LogP contribution in [0.1, 0.15) is 77.6 Å². The van der Waals surface area contributed by atoms with E-state index in [2.05, 4.69) is 51.3 Å². The second-order valence-corrected chi connectivity index (χ2v) is 9.41. The average Bonchev–Trinajstić information content (AvgIpc) is 2.69. The molecule has 1 unspecified atom stereocenters. The van der Waals surface area contributed by atoms with Crippen LogP contribution in [0.25, 0.3) is 0 Å². The van der Waals surface area contributed by atoms with Gasteiger partial charge >= 0.3 is 5.97 Å². The smallest absolute Gasteiger partial charge is 0.338 e. The van der Waals surface area contributed by atoms with Gasteiger partial charge in [0, 0.05) is 26.2 Å². The third-order valence-electron chi connectivity index (χ3n) is 5.11.